The minimum Gasteiger partial charge on any atom is -0.376 e. The molecule has 3 aromatic rings. The minimum absolute atomic E-state index is 0.237. The highest BCUT2D eigenvalue weighted by atomic mass is 32.2. The molecular formula is C26H30F3N3O3S2. The van der Waals surface area contributed by atoms with Crippen LogP contribution in [-0.4, -0.2) is 68.2 Å². The second kappa shape index (κ2) is 10.7. The lowest BCUT2D eigenvalue weighted by molar-refractivity contribution is -0.258. The van der Waals surface area contributed by atoms with Gasteiger partial charge in [0.25, 0.3) is 10.0 Å². The zero-order valence-corrected chi connectivity index (χ0v) is 22.2. The number of rotatable bonds is 8. The fourth-order valence-electron chi connectivity index (χ4n) is 4.54. The molecule has 1 N–H and O–H groups in total. The number of halogens is 3. The molecule has 11 heteroatoms. The molecular weight excluding hydrogens is 523 g/mol. The first kappa shape index (κ1) is 27.6. The molecule has 1 aliphatic rings. The van der Waals surface area contributed by atoms with Crippen LogP contribution in [0.25, 0.3) is 0 Å². The van der Waals surface area contributed by atoms with E-state index in [4.69, 9.17) is 0 Å². The Kier molecular flexibility index (Phi) is 8.01. The molecule has 0 amide bonds. The van der Waals surface area contributed by atoms with E-state index in [1.807, 2.05) is 42.3 Å². The van der Waals surface area contributed by atoms with Gasteiger partial charge in [-0.2, -0.15) is 17.5 Å². The maximum absolute atomic E-state index is 13.3. The number of hydrogen-bond acceptors (Lipinski definition) is 6. The highest BCUT2D eigenvalue weighted by Crippen LogP contribution is 2.39. The van der Waals surface area contributed by atoms with Gasteiger partial charge in [0.05, 0.1) is 6.04 Å². The number of nitrogens with zero attached hydrogens (tertiary/aromatic N) is 3. The summed E-state index contributed by atoms with van der Waals surface area (Å²) in [6, 6.07) is 18.6. The Balaban J connectivity index is 1.58. The average molecular weight is 554 g/mol. The Bertz CT molecular complexity index is 1270. The number of alkyl halides is 3. The number of piperazine rings is 1. The Morgan fingerprint density at radius 2 is 1.70 bits per heavy atom. The topological polar surface area (TPSA) is 64.1 Å². The number of anilines is 1. The van der Waals surface area contributed by atoms with Gasteiger partial charge in [-0.05, 0) is 48.7 Å². The molecule has 2 heterocycles. The van der Waals surface area contributed by atoms with E-state index in [-0.39, 0.29) is 28.9 Å². The summed E-state index contributed by atoms with van der Waals surface area (Å²) in [5, 5.41) is 11.8. The van der Waals surface area contributed by atoms with E-state index in [9.17, 15) is 26.7 Å². The first-order valence-corrected chi connectivity index (χ1v) is 14.1. The van der Waals surface area contributed by atoms with Gasteiger partial charge >= 0.3 is 6.18 Å². The Labute approximate surface area is 219 Å². The van der Waals surface area contributed by atoms with Crippen molar-refractivity contribution in [3.05, 3.63) is 83.2 Å². The van der Waals surface area contributed by atoms with Gasteiger partial charge in [0.1, 0.15) is 4.21 Å². The molecule has 0 unspecified atom stereocenters. The van der Waals surface area contributed by atoms with Crippen molar-refractivity contribution in [2.75, 3.05) is 38.1 Å². The second-order valence-electron chi connectivity index (χ2n) is 9.44. The lowest BCUT2D eigenvalue weighted by Crippen LogP contribution is -2.58. The van der Waals surface area contributed by atoms with Crippen molar-refractivity contribution < 1.29 is 26.7 Å². The van der Waals surface area contributed by atoms with Crippen LogP contribution in [0.5, 0.6) is 0 Å². The normalized spacial score (nSPS) is 19.2. The molecule has 0 bridgehead atoms. The highest BCUT2D eigenvalue weighted by molar-refractivity contribution is 7.91. The summed E-state index contributed by atoms with van der Waals surface area (Å²) in [6.07, 6.45) is -4.81. The molecule has 4 rings (SSSR count). The SMILES string of the molecule is CN(Cc1ccccc1)C[C@@H]1CN(S(=O)(=O)c2cccs2)CCN1c1ccc([C@](C)(O)C(F)(F)F)cc1. The van der Waals surface area contributed by atoms with Crippen molar-refractivity contribution in [3.8, 4) is 0 Å². The average Bonchev–Trinajstić information content (AvgIpc) is 3.40. The second-order valence-corrected chi connectivity index (χ2v) is 12.6. The van der Waals surface area contributed by atoms with E-state index < -0.39 is 21.8 Å². The third-order valence-corrected chi connectivity index (χ3v) is 9.90. The lowest BCUT2D eigenvalue weighted by Gasteiger charge is -2.43. The molecule has 2 aromatic carbocycles. The third kappa shape index (κ3) is 6.01. The molecule has 2 atom stereocenters. The van der Waals surface area contributed by atoms with E-state index in [0.717, 1.165) is 12.5 Å². The van der Waals surface area contributed by atoms with E-state index in [0.29, 0.717) is 25.3 Å². The predicted molar refractivity (Wildman–Crippen MR) is 139 cm³/mol. The Morgan fingerprint density at radius 1 is 1.03 bits per heavy atom. The summed E-state index contributed by atoms with van der Waals surface area (Å²) in [5.74, 6) is 0. The van der Waals surface area contributed by atoms with Crippen LogP contribution in [0.2, 0.25) is 0 Å². The molecule has 37 heavy (non-hydrogen) atoms. The quantitative estimate of drug-likeness (QED) is 0.444. The first-order valence-electron chi connectivity index (χ1n) is 11.8. The molecule has 1 saturated heterocycles. The van der Waals surface area contributed by atoms with Gasteiger partial charge in [0, 0.05) is 38.4 Å². The van der Waals surface area contributed by atoms with Crippen LogP contribution in [0.1, 0.15) is 18.1 Å². The van der Waals surface area contributed by atoms with E-state index >= 15 is 0 Å². The zero-order valence-electron chi connectivity index (χ0n) is 20.6. The van der Waals surface area contributed by atoms with Gasteiger partial charge in [0.15, 0.2) is 5.60 Å². The number of likely N-dealkylation sites (N-methyl/N-ethyl adjacent to an activating group) is 1. The van der Waals surface area contributed by atoms with Crippen LogP contribution in [0.15, 0.2) is 76.3 Å². The van der Waals surface area contributed by atoms with Gasteiger partial charge in [-0.25, -0.2) is 8.42 Å². The van der Waals surface area contributed by atoms with Crippen molar-refractivity contribution in [1.29, 1.82) is 0 Å². The highest BCUT2D eigenvalue weighted by Gasteiger charge is 2.51. The molecule has 1 aromatic heterocycles. The van der Waals surface area contributed by atoms with Crippen molar-refractivity contribution in [3.63, 3.8) is 0 Å². The van der Waals surface area contributed by atoms with Gasteiger partial charge in [0.2, 0.25) is 0 Å². The molecule has 0 aliphatic carbocycles. The van der Waals surface area contributed by atoms with Crippen molar-refractivity contribution in [2.24, 2.45) is 0 Å². The fourth-order valence-corrected chi connectivity index (χ4v) is 7.15. The number of thiophene rings is 1. The summed E-state index contributed by atoms with van der Waals surface area (Å²) in [4.78, 5) is 4.14. The summed E-state index contributed by atoms with van der Waals surface area (Å²) < 4.78 is 68.1. The summed E-state index contributed by atoms with van der Waals surface area (Å²) in [6.45, 7) is 2.80. The van der Waals surface area contributed by atoms with Gasteiger partial charge in [-0.15, -0.1) is 11.3 Å². The van der Waals surface area contributed by atoms with Crippen molar-refractivity contribution in [2.45, 2.75) is 35.5 Å². The maximum atomic E-state index is 13.3. The third-order valence-electron chi connectivity index (χ3n) is 6.67. The van der Waals surface area contributed by atoms with Crippen LogP contribution in [-0.2, 0) is 22.2 Å². The molecule has 1 fully saturated rings. The summed E-state index contributed by atoms with van der Waals surface area (Å²) >= 11 is 1.17. The molecule has 200 valence electrons. The van der Waals surface area contributed by atoms with Crippen molar-refractivity contribution >= 4 is 27.0 Å². The largest absolute Gasteiger partial charge is 0.421 e. The number of hydrogen-bond donors (Lipinski definition) is 1. The van der Waals surface area contributed by atoms with Crippen LogP contribution in [0.3, 0.4) is 0 Å². The van der Waals surface area contributed by atoms with Crippen molar-refractivity contribution in [1.82, 2.24) is 9.21 Å². The summed E-state index contributed by atoms with van der Waals surface area (Å²) in [7, 11) is -1.69. The fraction of sp³-hybridized carbons (Fsp3) is 0.385. The van der Waals surface area contributed by atoms with E-state index in [2.05, 4.69) is 4.90 Å². The monoisotopic (exact) mass is 553 g/mol. The standard InChI is InChI=1S/C26H30F3N3O3S2/c1-25(33,26(27,28)29)21-10-12-22(13-11-21)32-15-14-31(37(34,35)24-9-6-16-36-24)19-23(32)18-30(2)17-20-7-4-3-5-8-20/h3-13,16,23,33H,14-15,17-19H2,1-2H3/t23-,25+/m1/s1. The zero-order chi connectivity index (χ0) is 26.8. The molecule has 0 radical (unpaired) electrons. The van der Waals surface area contributed by atoms with Gasteiger partial charge in [-0.3, -0.25) is 0 Å². The van der Waals surface area contributed by atoms with E-state index in [1.165, 1.54) is 27.8 Å². The van der Waals surface area contributed by atoms with Gasteiger partial charge in [-0.1, -0.05) is 48.5 Å². The molecule has 0 saturated carbocycles. The Morgan fingerprint density at radius 3 is 2.30 bits per heavy atom. The van der Waals surface area contributed by atoms with E-state index in [1.54, 1.807) is 29.6 Å². The minimum atomic E-state index is -4.81. The Hall–Kier alpha value is -2.44. The van der Waals surface area contributed by atoms with Crippen LogP contribution in [0.4, 0.5) is 18.9 Å². The predicted octanol–water partition coefficient (Wildman–Crippen LogP) is 4.53. The molecule has 6 nitrogen and oxygen atoms in total. The van der Waals surface area contributed by atoms with Crippen LogP contribution < -0.4 is 4.90 Å². The number of sulfonamides is 1. The number of benzene rings is 2. The lowest BCUT2D eigenvalue weighted by atomic mass is 9.95. The first-order chi connectivity index (χ1) is 17.4. The number of aliphatic hydroxyl groups is 1. The summed E-state index contributed by atoms with van der Waals surface area (Å²) in [5.41, 5.74) is -1.42. The molecule has 1 aliphatic heterocycles. The maximum Gasteiger partial charge on any atom is 0.421 e. The van der Waals surface area contributed by atoms with Crippen LogP contribution in [0, 0.1) is 0 Å². The smallest absolute Gasteiger partial charge is 0.376 e. The van der Waals surface area contributed by atoms with Crippen LogP contribution >= 0.6 is 11.3 Å². The molecule has 0 spiro atoms. The van der Waals surface area contributed by atoms with Gasteiger partial charge < -0.3 is 14.9 Å².